The topological polar surface area (TPSA) is 77.5 Å². The van der Waals surface area contributed by atoms with Crippen molar-refractivity contribution in [2.75, 3.05) is 13.7 Å². The second-order valence-corrected chi connectivity index (χ2v) is 7.34. The monoisotopic (exact) mass is 370 g/mol. The number of benzene rings is 1. The Labute approximate surface area is 159 Å². The van der Waals surface area contributed by atoms with Crippen molar-refractivity contribution in [1.29, 1.82) is 0 Å². The number of aryl methyl sites for hydroxylation is 1. The molecule has 0 aliphatic carbocycles. The highest BCUT2D eigenvalue weighted by Gasteiger charge is 2.19. The molecule has 0 aliphatic heterocycles. The molecule has 1 heterocycles. The van der Waals surface area contributed by atoms with Gasteiger partial charge in [-0.1, -0.05) is 38.5 Å². The fourth-order valence-electron chi connectivity index (χ4n) is 2.56. The van der Waals surface area contributed by atoms with Crippen molar-refractivity contribution in [1.82, 2.24) is 10.3 Å². The SMILES string of the molecule is COC(=O)c1ccnc(CNC(=O)COc2ccc(C)cc2C(C)(C)C)c1. The normalized spacial score (nSPS) is 11.0. The molecule has 1 N–H and O–H groups in total. The van der Waals surface area contributed by atoms with Gasteiger partial charge < -0.3 is 14.8 Å². The number of nitrogens with zero attached hydrogens (tertiary/aromatic N) is 1. The quantitative estimate of drug-likeness (QED) is 0.790. The summed E-state index contributed by atoms with van der Waals surface area (Å²) >= 11 is 0. The Balaban J connectivity index is 1.95. The number of esters is 1. The van der Waals surface area contributed by atoms with Crippen molar-refractivity contribution in [3.8, 4) is 5.75 Å². The number of methoxy groups -OCH3 is 1. The number of hydrogen-bond acceptors (Lipinski definition) is 5. The number of nitrogens with one attached hydrogen (secondary N) is 1. The first-order valence-electron chi connectivity index (χ1n) is 8.74. The Hall–Kier alpha value is -2.89. The van der Waals surface area contributed by atoms with Gasteiger partial charge in [0.2, 0.25) is 0 Å². The van der Waals surface area contributed by atoms with E-state index in [0.717, 1.165) is 11.1 Å². The minimum absolute atomic E-state index is 0.0872. The van der Waals surface area contributed by atoms with Crippen LogP contribution >= 0.6 is 0 Å². The summed E-state index contributed by atoms with van der Waals surface area (Å²) in [5.41, 5.74) is 3.08. The van der Waals surface area contributed by atoms with Crippen LogP contribution in [0.15, 0.2) is 36.5 Å². The predicted octanol–water partition coefficient (Wildman–Crippen LogP) is 3.17. The fraction of sp³-hybridized carbons (Fsp3) is 0.381. The summed E-state index contributed by atoms with van der Waals surface area (Å²) in [6.45, 7) is 8.45. The van der Waals surface area contributed by atoms with Crippen LogP contribution in [0.5, 0.6) is 5.75 Å². The third-order valence-electron chi connectivity index (χ3n) is 4.01. The highest BCUT2D eigenvalue weighted by molar-refractivity contribution is 5.89. The van der Waals surface area contributed by atoms with Gasteiger partial charge in [-0.3, -0.25) is 9.78 Å². The molecule has 1 aromatic carbocycles. The van der Waals surface area contributed by atoms with E-state index in [9.17, 15) is 9.59 Å². The van der Waals surface area contributed by atoms with Gasteiger partial charge in [0.05, 0.1) is 24.9 Å². The van der Waals surface area contributed by atoms with E-state index in [4.69, 9.17) is 4.74 Å². The van der Waals surface area contributed by atoms with Crippen LogP contribution in [0.2, 0.25) is 0 Å². The maximum atomic E-state index is 12.1. The van der Waals surface area contributed by atoms with E-state index in [2.05, 4.69) is 41.9 Å². The third-order valence-corrected chi connectivity index (χ3v) is 4.01. The fourth-order valence-corrected chi connectivity index (χ4v) is 2.56. The molecule has 144 valence electrons. The van der Waals surface area contributed by atoms with Crippen molar-refractivity contribution in [2.45, 2.75) is 39.7 Å². The van der Waals surface area contributed by atoms with E-state index in [1.807, 2.05) is 19.1 Å². The average Bonchev–Trinajstić information content (AvgIpc) is 2.64. The van der Waals surface area contributed by atoms with Gasteiger partial charge in [0.15, 0.2) is 6.61 Å². The lowest BCUT2D eigenvalue weighted by molar-refractivity contribution is -0.123. The highest BCUT2D eigenvalue weighted by atomic mass is 16.5. The minimum Gasteiger partial charge on any atom is -0.483 e. The molecule has 0 saturated carbocycles. The van der Waals surface area contributed by atoms with E-state index in [-0.39, 0.29) is 24.5 Å². The summed E-state index contributed by atoms with van der Waals surface area (Å²) in [5, 5.41) is 2.74. The van der Waals surface area contributed by atoms with E-state index < -0.39 is 5.97 Å². The zero-order valence-corrected chi connectivity index (χ0v) is 16.5. The molecule has 0 unspecified atom stereocenters. The smallest absolute Gasteiger partial charge is 0.337 e. The molecular weight excluding hydrogens is 344 g/mol. The molecule has 6 nitrogen and oxygen atoms in total. The van der Waals surface area contributed by atoms with Crippen LogP contribution in [-0.4, -0.2) is 30.6 Å². The number of carbonyl (C=O) groups excluding carboxylic acids is 2. The lowest BCUT2D eigenvalue weighted by Gasteiger charge is -2.23. The Kier molecular flexibility index (Phi) is 6.55. The number of ether oxygens (including phenoxy) is 2. The van der Waals surface area contributed by atoms with Gasteiger partial charge in [-0.05, 0) is 36.1 Å². The highest BCUT2D eigenvalue weighted by Crippen LogP contribution is 2.32. The third kappa shape index (κ3) is 5.81. The Morgan fingerprint density at radius 2 is 1.89 bits per heavy atom. The molecule has 2 rings (SSSR count). The zero-order chi connectivity index (χ0) is 20.0. The molecule has 0 radical (unpaired) electrons. The second-order valence-electron chi connectivity index (χ2n) is 7.34. The second kappa shape index (κ2) is 8.66. The van der Waals surface area contributed by atoms with Gasteiger partial charge in [-0.25, -0.2) is 4.79 Å². The number of hydrogen-bond donors (Lipinski definition) is 1. The molecule has 0 saturated heterocycles. The molecule has 1 amide bonds. The van der Waals surface area contributed by atoms with Gasteiger partial charge in [0.25, 0.3) is 5.91 Å². The van der Waals surface area contributed by atoms with Crippen molar-refractivity contribution in [2.24, 2.45) is 0 Å². The van der Waals surface area contributed by atoms with Crippen molar-refractivity contribution < 1.29 is 19.1 Å². The van der Waals surface area contributed by atoms with Gasteiger partial charge >= 0.3 is 5.97 Å². The number of pyridine rings is 1. The van der Waals surface area contributed by atoms with Crippen molar-refractivity contribution >= 4 is 11.9 Å². The van der Waals surface area contributed by atoms with Crippen LogP contribution in [0.1, 0.15) is 48.0 Å². The number of carbonyl (C=O) groups is 2. The molecule has 27 heavy (non-hydrogen) atoms. The van der Waals surface area contributed by atoms with Crippen LogP contribution in [0, 0.1) is 6.92 Å². The van der Waals surface area contributed by atoms with Crippen molar-refractivity contribution in [3.05, 3.63) is 58.9 Å². The molecular formula is C21H26N2O4. The minimum atomic E-state index is -0.442. The standard InChI is InChI=1S/C21H26N2O4/c1-14-6-7-18(17(10-14)21(2,3)4)27-13-19(24)23-12-16-11-15(8-9-22-16)20(25)26-5/h6-11H,12-13H2,1-5H3,(H,23,24). The predicted molar refractivity (Wildman–Crippen MR) is 103 cm³/mol. The Morgan fingerprint density at radius 1 is 1.15 bits per heavy atom. The van der Waals surface area contributed by atoms with Crippen LogP contribution in [0.3, 0.4) is 0 Å². The number of amides is 1. The zero-order valence-electron chi connectivity index (χ0n) is 16.5. The molecule has 1 aromatic heterocycles. The van der Waals surface area contributed by atoms with Crippen LogP contribution in [-0.2, 0) is 21.5 Å². The molecule has 0 atom stereocenters. The number of rotatable bonds is 6. The lowest BCUT2D eigenvalue weighted by Crippen LogP contribution is -2.29. The van der Waals surface area contributed by atoms with E-state index >= 15 is 0 Å². The van der Waals surface area contributed by atoms with Crippen LogP contribution in [0.4, 0.5) is 0 Å². The Morgan fingerprint density at radius 3 is 2.56 bits per heavy atom. The first-order chi connectivity index (χ1) is 12.7. The first kappa shape index (κ1) is 20.4. The summed E-state index contributed by atoms with van der Waals surface area (Å²) in [5.74, 6) is -0.00263. The van der Waals surface area contributed by atoms with Gasteiger partial charge in [-0.15, -0.1) is 0 Å². The average molecular weight is 370 g/mol. The van der Waals surface area contributed by atoms with E-state index in [1.165, 1.54) is 13.3 Å². The van der Waals surface area contributed by atoms with E-state index in [1.54, 1.807) is 12.1 Å². The Bertz CT molecular complexity index is 825. The molecule has 0 aliphatic rings. The van der Waals surface area contributed by atoms with Gasteiger partial charge in [0.1, 0.15) is 5.75 Å². The lowest BCUT2D eigenvalue weighted by atomic mass is 9.85. The molecule has 0 fully saturated rings. The molecule has 0 spiro atoms. The van der Waals surface area contributed by atoms with Crippen molar-refractivity contribution in [3.63, 3.8) is 0 Å². The summed E-state index contributed by atoms with van der Waals surface area (Å²) in [6.07, 6.45) is 1.51. The van der Waals surface area contributed by atoms with Gasteiger partial charge in [-0.2, -0.15) is 0 Å². The van der Waals surface area contributed by atoms with E-state index in [0.29, 0.717) is 17.0 Å². The van der Waals surface area contributed by atoms with Gasteiger partial charge in [0, 0.05) is 6.20 Å². The number of aromatic nitrogens is 1. The largest absolute Gasteiger partial charge is 0.483 e. The first-order valence-corrected chi connectivity index (χ1v) is 8.74. The molecule has 6 heteroatoms. The maximum Gasteiger partial charge on any atom is 0.337 e. The maximum absolute atomic E-state index is 12.1. The summed E-state index contributed by atoms with van der Waals surface area (Å²) in [7, 11) is 1.32. The summed E-state index contributed by atoms with van der Waals surface area (Å²) in [4.78, 5) is 27.8. The van der Waals surface area contributed by atoms with Crippen LogP contribution in [0.25, 0.3) is 0 Å². The summed E-state index contributed by atoms with van der Waals surface area (Å²) < 4.78 is 10.4. The van der Waals surface area contributed by atoms with Crippen LogP contribution < -0.4 is 10.1 Å². The summed E-state index contributed by atoms with van der Waals surface area (Å²) in [6, 6.07) is 9.08. The molecule has 0 bridgehead atoms. The molecule has 2 aromatic rings.